The Labute approximate surface area is 174 Å². The SMILES string of the molecule is COc1cc(/C=C/C(=O)O[C@H](C)C(=O)NCc2ccc3c(c2)OCO3)cc(OC)c1. The summed E-state index contributed by atoms with van der Waals surface area (Å²) in [5, 5.41) is 2.73. The minimum atomic E-state index is -0.948. The quantitative estimate of drug-likeness (QED) is 0.525. The number of esters is 1. The fourth-order valence-electron chi connectivity index (χ4n) is 2.74. The number of carbonyl (C=O) groups is 2. The van der Waals surface area contributed by atoms with Crippen LogP contribution in [-0.4, -0.2) is 39.0 Å². The number of benzene rings is 2. The molecule has 0 aromatic heterocycles. The summed E-state index contributed by atoms with van der Waals surface area (Å²) in [7, 11) is 3.08. The van der Waals surface area contributed by atoms with Crippen molar-refractivity contribution in [2.45, 2.75) is 19.6 Å². The van der Waals surface area contributed by atoms with Gasteiger partial charge >= 0.3 is 5.97 Å². The summed E-state index contributed by atoms with van der Waals surface area (Å²) in [4.78, 5) is 24.3. The van der Waals surface area contributed by atoms with Crippen LogP contribution in [0.4, 0.5) is 0 Å². The van der Waals surface area contributed by atoms with Crippen molar-refractivity contribution in [1.29, 1.82) is 0 Å². The number of methoxy groups -OCH3 is 2. The van der Waals surface area contributed by atoms with Crippen LogP contribution in [0.15, 0.2) is 42.5 Å². The van der Waals surface area contributed by atoms with Gasteiger partial charge < -0.3 is 29.0 Å². The van der Waals surface area contributed by atoms with Crippen LogP contribution >= 0.6 is 0 Å². The Balaban J connectivity index is 1.51. The second-order valence-corrected chi connectivity index (χ2v) is 6.46. The minimum absolute atomic E-state index is 0.189. The highest BCUT2D eigenvalue weighted by Crippen LogP contribution is 2.32. The third kappa shape index (κ3) is 5.44. The molecule has 0 bridgehead atoms. The Kier molecular flexibility index (Phi) is 6.79. The zero-order valence-electron chi connectivity index (χ0n) is 17.0. The maximum Gasteiger partial charge on any atom is 0.331 e. The molecule has 0 saturated carbocycles. The summed E-state index contributed by atoms with van der Waals surface area (Å²) in [5.74, 6) is 1.46. The van der Waals surface area contributed by atoms with Crippen molar-refractivity contribution in [3.63, 3.8) is 0 Å². The molecule has 1 aliphatic rings. The van der Waals surface area contributed by atoms with E-state index in [0.29, 0.717) is 28.6 Å². The van der Waals surface area contributed by atoms with Crippen LogP contribution in [0.5, 0.6) is 23.0 Å². The van der Waals surface area contributed by atoms with Crippen LogP contribution in [0.1, 0.15) is 18.1 Å². The summed E-state index contributed by atoms with van der Waals surface area (Å²) in [6.45, 7) is 1.97. The average molecular weight is 413 g/mol. The summed E-state index contributed by atoms with van der Waals surface area (Å²) >= 11 is 0. The van der Waals surface area contributed by atoms with Crippen LogP contribution < -0.4 is 24.3 Å². The second-order valence-electron chi connectivity index (χ2n) is 6.46. The molecule has 30 heavy (non-hydrogen) atoms. The van der Waals surface area contributed by atoms with E-state index in [0.717, 1.165) is 5.56 Å². The van der Waals surface area contributed by atoms with Gasteiger partial charge in [-0.3, -0.25) is 4.79 Å². The van der Waals surface area contributed by atoms with E-state index >= 15 is 0 Å². The van der Waals surface area contributed by atoms with E-state index in [1.165, 1.54) is 13.0 Å². The van der Waals surface area contributed by atoms with Crippen LogP contribution in [0, 0.1) is 0 Å². The van der Waals surface area contributed by atoms with Crippen molar-refractivity contribution < 1.29 is 33.3 Å². The Morgan fingerprint density at radius 1 is 1.07 bits per heavy atom. The van der Waals surface area contributed by atoms with Crippen molar-refractivity contribution in [3.05, 3.63) is 53.6 Å². The van der Waals surface area contributed by atoms with E-state index < -0.39 is 18.0 Å². The number of carbonyl (C=O) groups excluding carboxylic acids is 2. The third-order valence-corrected chi connectivity index (χ3v) is 4.35. The van der Waals surface area contributed by atoms with E-state index in [1.54, 1.807) is 50.6 Å². The van der Waals surface area contributed by atoms with E-state index in [2.05, 4.69) is 5.32 Å². The van der Waals surface area contributed by atoms with E-state index in [-0.39, 0.29) is 13.3 Å². The third-order valence-electron chi connectivity index (χ3n) is 4.35. The lowest BCUT2D eigenvalue weighted by molar-refractivity contribution is -0.150. The highest BCUT2D eigenvalue weighted by Gasteiger charge is 2.17. The van der Waals surface area contributed by atoms with Crippen LogP contribution in [0.25, 0.3) is 6.08 Å². The molecule has 3 rings (SSSR count). The minimum Gasteiger partial charge on any atom is -0.497 e. The number of fused-ring (bicyclic) bond motifs is 1. The second kappa shape index (κ2) is 9.69. The van der Waals surface area contributed by atoms with Crippen LogP contribution in [0.2, 0.25) is 0 Å². The molecule has 0 unspecified atom stereocenters. The maximum absolute atomic E-state index is 12.2. The van der Waals surface area contributed by atoms with Gasteiger partial charge in [0, 0.05) is 18.7 Å². The number of hydrogen-bond donors (Lipinski definition) is 1. The first-order chi connectivity index (χ1) is 14.5. The standard InChI is InChI=1S/C22H23NO7/c1-14(22(25)23-12-16-4-6-19-20(10-16)29-13-28-19)30-21(24)7-5-15-8-17(26-2)11-18(9-15)27-3/h4-11,14H,12-13H2,1-3H3,(H,23,25)/b7-5+/t14-/m1/s1. The summed E-state index contributed by atoms with van der Waals surface area (Å²) in [6, 6.07) is 10.6. The number of nitrogens with one attached hydrogen (secondary N) is 1. The average Bonchev–Trinajstić information content (AvgIpc) is 3.23. The van der Waals surface area contributed by atoms with Gasteiger partial charge in [0.25, 0.3) is 5.91 Å². The van der Waals surface area contributed by atoms with Gasteiger partial charge in [-0.15, -0.1) is 0 Å². The predicted octanol–water partition coefficient (Wildman–Crippen LogP) is 2.69. The predicted molar refractivity (Wildman–Crippen MR) is 109 cm³/mol. The van der Waals surface area contributed by atoms with Crippen LogP contribution in [0.3, 0.4) is 0 Å². The monoisotopic (exact) mass is 413 g/mol. The van der Waals surface area contributed by atoms with E-state index in [9.17, 15) is 9.59 Å². The van der Waals surface area contributed by atoms with Crippen molar-refractivity contribution in [1.82, 2.24) is 5.32 Å². The molecule has 2 aromatic rings. The van der Waals surface area contributed by atoms with Gasteiger partial charge in [-0.1, -0.05) is 6.07 Å². The van der Waals surface area contributed by atoms with Gasteiger partial charge in [0.1, 0.15) is 11.5 Å². The van der Waals surface area contributed by atoms with Crippen molar-refractivity contribution >= 4 is 18.0 Å². The number of ether oxygens (including phenoxy) is 5. The lowest BCUT2D eigenvalue weighted by Crippen LogP contribution is -2.35. The Bertz CT molecular complexity index is 932. The zero-order chi connectivity index (χ0) is 21.5. The molecular formula is C22H23NO7. The topological polar surface area (TPSA) is 92.3 Å². The molecule has 1 atom stereocenters. The molecule has 2 aromatic carbocycles. The molecule has 8 heteroatoms. The van der Waals surface area contributed by atoms with Gasteiger partial charge in [0.2, 0.25) is 6.79 Å². The molecular weight excluding hydrogens is 390 g/mol. The highest BCUT2D eigenvalue weighted by molar-refractivity contribution is 5.90. The first-order valence-corrected chi connectivity index (χ1v) is 9.26. The molecule has 1 amide bonds. The first-order valence-electron chi connectivity index (χ1n) is 9.26. The molecule has 1 N–H and O–H groups in total. The van der Waals surface area contributed by atoms with Crippen molar-refractivity contribution in [3.8, 4) is 23.0 Å². The largest absolute Gasteiger partial charge is 0.497 e. The van der Waals surface area contributed by atoms with Gasteiger partial charge in [-0.05, 0) is 48.4 Å². The molecule has 1 aliphatic heterocycles. The van der Waals surface area contributed by atoms with Crippen molar-refractivity contribution in [2.75, 3.05) is 21.0 Å². The van der Waals surface area contributed by atoms with E-state index in [1.807, 2.05) is 6.07 Å². The number of rotatable bonds is 8. The molecule has 0 fully saturated rings. The molecule has 0 spiro atoms. The fraction of sp³-hybridized carbons (Fsp3) is 0.273. The van der Waals surface area contributed by atoms with Gasteiger partial charge in [0.15, 0.2) is 17.6 Å². The maximum atomic E-state index is 12.2. The Hall–Kier alpha value is -3.68. The molecule has 8 nitrogen and oxygen atoms in total. The number of amides is 1. The summed E-state index contributed by atoms with van der Waals surface area (Å²) in [6.07, 6.45) is 1.86. The first kappa shape index (κ1) is 21.0. The molecule has 0 saturated heterocycles. The van der Waals surface area contributed by atoms with Gasteiger partial charge in [-0.2, -0.15) is 0 Å². The van der Waals surface area contributed by atoms with Crippen molar-refractivity contribution in [2.24, 2.45) is 0 Å². The van der Waals surface area contributed by atoms with Gasteiger partial charge in [0.05, 0.1) is 14.2 Å². The van der Waals surface area contributed by atoms with Gasteiger partial charge in [-0.25, -0.2) is 4.79 Å². The lowest BCUT2D eigenvalue weighted by atomic mass is 10.2. The summed E-state index contributed by atoms with van der Waals surface area (Å²) in [5.41, 5.74) is 1.54. The zero-order valence-corrected chi connectivity index (χ0v) is 17.0. The van der Waals surface area contributed by atoms with Crippen LogP contribution in [-0.2, 0) is 20.9 Å². The Morgan fingerprint density at radius 2 is 1.77 bits per heavy atom. The highest BCUT2D eigenvalue weighted by atomic mass is 16.7. The normalized spacial score (nSPS) is 13.0. The molecule has 1 heterocycles. The van der Waals surface area contributed by atoms with E-state index in [4.69, 9.17) is 23.7 Å². The Morgan fingerprint density at radius 3 is 2.47 bits per heavy atom. The molecule has 0 aliphatic carbocycles. The number of hydrogen-bond acceptors (Lipinski definition) is 7. The smallest absolute Gasteiger partial charge is 0.331 e. The summed E-state index contributed by atoms with van der Waals surface area (Å²) < 4.78 is 26.1. The fourth-order valence-corrected chi connectivity index (χ4v) is 2.74. The molecule has 0 radical (unpaired) electrons. The lowest BCUT2D eigenvalue weighted by Gasteiger charge is -2.12. The molecule has 158 valence electrons.